The highest BCUT2D eigenvalue weighted by Crippen LogP contribution is 2.19. The van der Waals surface area contributed by atoms with Crippen molar-refractivity contribution in [1.29, 1.82) is 0 Å². The lowest BCUT2D eigenvalue weighted by Gasteiger charge is -2.03. The Morgan fingerprint density at radius 2 is 2.11 bits per heavy atom. The first kappa shape index (κ1) is 14.0. The quantitative estimate of drug-likeness (QED) is 0.843. The fraction of sp³-hybridized carbons (Fsp3) is 0.462. The van der Waals surface area contributed by atoms with Crippen LogP contribution in [0.4, 0.5) is 0 Å². The summed E-state index contributed by atoms with van der Waals surface area (Å²) in [5.74, 6) is 0.911. The fourth-order valence-corrected chi connectivity index (χ4v) is 2.64. The van der Waals surface area contributed by atoms with E-state index < -0.39 is 9.84 Å². The smallest absolute Gasteiger partial charge is 0.175 e. The van der Waals surface area contributed by atoms with Crippen molar-refractivity contribution in [2.75, 3.05) is 12.8 Å². The van der Waals surface area contributed by atoms with Gasteiger partial charge in [0.15, 0.2) is 9.84 Å². The summed E-state index contributed by atoms with van der Waals surface area (Å²) in [5.41, 5.74) is 1.67. The summed E-state index contributed by atoms with van der Waals surface area (Å²) in [4.78, 5) is 4.81. The van der Waals surface area contributed by atoms with Crippen molar-refractivity contribution < 1.29 is 8.42 Å². The number of rotatable bonds is 5. The van der Waals surface area contributed by atoms with Crippen LogP contribution in [0, 0.1) is 0 Å². The van der Waals surface area contributed by atoms with Gasteiger partial charge in [-0.3, -0.25) is 0 Å². The molecule has 6 heteroatoms. The molecule has 5 nitrogen and oxygen atoms in total. The van der Waals surface area contributed by atoms with E-state index in [1.807, 2.05) is 17.7 Å². The lowest BCUT2D eigenvalue weighted by molar-refractivity contribution is 0.602. The Bertz CT molecular complexity index is 689. The van der Waals surface area contributed by atoms with E-state index in [0.29, 0.717) is 11.4 Å². The zero-order valence-electron chi connectivity index (χ0n) is 11.5. The Labute approximate surface area is 113 Å². The van der Waals surface area contributed by atoms with Crippen molar-refractivity contribution in [3.05, 3.63) is 24.0 Å². The number of nitrogens with zero attached hydrogens (tertiary/aromatic N) is 2. The van der Waals surface area contributed by atoms with Gasteiger partial charge in [0.1, 0.15) is 5.82 Å². The van der Waals surface area contributed by atoms with Gasteiger partial charge >= 0.3 is 0 Å². The maximum Gasteiger partial charge on any atom is 0.175 e. The summed E-state index contributed by atoms with van der Waals surface area (Å²) >= 11 is 0. The van der Waals surface area contributed by atoms with Gasteiger partial charge in [0.2, 0.25) is 0 Å². The van der Waals surface area contributed by atoms with Crippen molar-refractivity contribution in [1.82, 2.24) is 14.9 Å². The Morgan fingerprint density at radius 1 is 1.37 bits per heavy atom. The van der Waals surface area contributed by atoms with Gasteiger partial charge in [0, 0.05) is 13.3 Å². The average Bonchev–Trinajstić information content (AvgIpc) is 2.65. The molecule has 1 aromatic heterocycles. The molecule has 0 saturated heterocycles. The van der Waals surface area contributed by atoms with E-state index in [0.717, 1.165) is 29.8 Å². The summed E-state index contributed by atoms with van der Waals surface area (Å²) in [6, 6.07) is 5.07. The highest BCUT2D eigenvalue weighted by Gasteiger charge is 2.12. The number of benzene rings is 1. The second-order valence-electron chi connectivity index (χ2n) is 4.69. The molecule has 0 aliphatic carbocycles. The first-order valence-corrected chi connectivity index (χ1v) is 8.18. The van der Waals surface area contributed by atoms with Crippen molar-refractivity contribution in [2.45, 2.75) is 24.8 Å². The van der Waals surface area contributed by atoms with Crippen LogP contribution in [0.3, 0.4) is 0 Å². The Hall–Kier alpha value is -1.40. The van der Waals surface area contributed by atoms with E-state index in [4.69, 9.17) is 0 Å². The maximum absolute atomic E-state index is 11.5. The van der Waals surface area contributed by atoms with Crippen LogP contribution in [0.1, 0.15) is 19.2 Å². The minimum atomic E-state index is -3.18. The van der Waals surface area contributed by atoms with Gasteiger partial charge in [0.25, 0.3) is 0 Å². The molecule has 2 aromatic rings. The van der Waals surface area contributed by atoms with Crippen LogP contribution in [0.2, 0.25) is 0 Å². The second kappa shape index (κ2) is 5.30. The molecule has 1 heterocycles. The van der Waals surface area contributed by atoms with E-state index in [2.05, 4.69) is 17.2 Å². The summed E-state index contributed by atoms with van der Waals surface area (Å²) in [7, 11) is -1.24. The largest absolute Gasteiger partial charge is 0.330 e. The molecule has 1 aromatic carbocycles. The van der Waals surface area contributed by atoms with Crippen molar-refractivity contribution in [3.63, 3.8) is 0 Å². The van der Waals surface area contributed by atoms with Gasteiger partial charge < -0.3 is 9.88 Å². The molecular formula is C13H19N3O2S. The van der Waals surface area contributed by atoms with Crippen LogP contribution < -0.4 is 5.32 Å². The highest BCUT2D eigenvalue weighted by atomic mass is 32.2. The molecule has 2 rings (SSSR count). The van der Waals surface area contributed by atoms with Gasteiger partial charge in [-0.1, -0.05) is 6.92 Å². The monoisotopic (exact) mass is 281 g/mol. The van der Waals surface area contributed by atoms with Crippen molar-refractivity contribution in [2.24, 2.45) is 7.05 Å². The number of aryl methyl sites for hydroxylation is 1. The lowest BCUT2D eigenvalue weighted by atomic mass is 10.3. The molecule has 0 radical (unpaired) electrons. The Balaban J connectivity index is 2.40. The number of fused-ring (bicyclic) bond motifs is 1. The topological polar surface area (TPSA) is 64.0 Å². The van der Waals surface area contributed by atoms with Crippen molar-refractivity contribution >= 4 is 20.9 Å². The number of imidazole rings is 1. The van der Waals surface area contributed by atoms with E-state index in [1.165, 1.54) is 6.26 Å². The molecule has 0 saturated carbocycles. The SMILES string of the molecule is CCCNCc1nc2cc(S(C)(=O)=O)ccc2n1C. The number of aromatic nitrogens is 2. The van der Waals surface area contributed by atoms with E-state index in [1.54, 1.807) is 12.1 Å². The molecule has 0 atom stereocenters. The molecule has 0 unspecified atom stereocenters. The normalized spacial score (nSPS) is 12.2. The van der Waals surface area contributed by atoms with Crippen LogP contribution in [0.25, 0.3) is 11.0 Å². The van der Waals surface area contributed by atoms with E-state index in [9.17, 15) is 8.42 Å². The van der Waals surface area contributed by atoms with Gasteiger partial charge in [0.05, 0.1) is 22.5 Å². The predicted molar refractivity (Wildman–Crippen MR) is 75.8 cm³/mol. The number of sulfone groups is 1. The zero-order valence-corrected chi connectivity index (χ0v) is 12.3. The molecule has 1 N–H and O–H groups in total. The van der Waals surface area contributed by atoms with Crippen LogP contribution in [-0.4, -0.2) is 30.8 Å². The third-order valence-electron chi connectivity index (χ3n) is 3.08. The molecule has 0 bridgehead atoms. The van der Waals surface area contributed by atoms with Gasteiger partial charge in [-0.05, 0) is 31.2 Å². The van der Waals surface area contributed by atoms with Crippen LogP contribution >= 0.6 is 0 Å². The molecule has 0 amide bonds. The number of nitrogens with one attached hydrogen (secondary N) is 1. The lowest BCUT2D eigenvalue weighted by Crippen LogP contribution is -2.16. The molecule has 0 aliphatic rings. The van der Waals surface area contributed by atoms with Crippen molar-refractivity contribution in [3.8, 4) is 0 Å². The zero-order chi connectivity index (χ0) is 14.0. The molecule has 0 spiro atoms. The third kappa shape index (κ3) is 2.96. The van der Waals surface area contributed by atoms with E-state index >= 15 is 0 Å². The Morgan fingerprint density at radius 3 is 2.74 bits per heavy atom. The summed E-state index contributed by atoms with van der Waals surface area (Å²) in [6.07, 6.45) is 2.28. The predicted octanol–water partition coefficient (Wildman–Crippen LogP) is 1.48. The minimum absolute atomic E-state index is 0.311. The standard InChI is InChI=1S/C13H19N3O2S/c1-4-7-14-9-13-15-11-8-10(19(3,17)18)5-6-12(11)16(13)2/h5-6,8,14H,4,7,9H2,1-3H3. The molecular weight excluding hydrogens is 262 g/mol. The molecule has 104 valence electrons. The summed E-state index contributed by atoms with van der Waals surface area (Å²) in [6.45, 7) is 3.74. The van der Waals surface area contributed by atoms with Crippen LogP contribution in [0.5, 0.6) is 0 Å². The van der Waals surface area contributed by atoms with Gasteiger partial charge in [-0.2, -0.15) is 0 Å². The fourth-order valence-electron chi connectivity index (χ4n) is 2.00. The van der Waals surface area contributed by atoms with Crippen LogP contribution in [-0.2, 0) is 23.4 Å². The molecule has 0 aliphatic heterocycles. The van der Waals surface area contributed by atoms with Gasteiger partial charge in [-0.25, -0.2) is 13.4 Å². The average molecular weight is 281 g/mol. The third-order valence-corrected chi connectivity index (χ3v) is 4.19. The van der Waals surface area contributed by atoms with Gasteiger partial charge in [-0.15, -0.1) is 0 Å². The summed E-state index contributed by atoms with van der Waals surface area (Å²) in [5, 5.41) is 3.30. The number of hydrogen-bond acceptors (Lipinski definition) is 4. The summed E-state index contributed by atoms with van der Waals surface area (Å²) < 4.78 is 25.1. The maximum atomic E-state index is 11.5. The highest BCUT2D eigenvalue weighted by molar-refractivity contribution is 7.90. The molecule has 19 heavy (non-hydrogen) atoms. The van der Waals surface area contributed by atoms with Crippen LogP contribution in [0.15, 0.2) is 23.1 Å². The minimum Gasteiger partial charge on any atom is -0.330 e. The first-order valence-electron chi connectivity index (χ1n) is 6.29. The Kier molecular flexibility index (Phi) is 3.91. The van der Waals surface area contributed by atoms with E-state index in [-0.39, 0.29) is 0 Å². The number of hydrogen-bond donors (Lipinski definition) is 1. The first-order chi connectivity index (χ1) is 8.93. The second-order valence-corrected chi connectivity index (χ2v) is 6.70. The molecule has 0 fully saturated rings.